The van der Waals surface area contributed by atoms with Crippen molar-refractivity contribution in [3.63, 3.8) is 0 Å². The third-order valence-corrected chi connectivity index (χ3v) is 7.11. The largest absolute Gasteiger partial charge is 0.338 e. The van der Waals surface area contributed by atoms with Crippen molar-refractivity contribution in [2.45, 2.75) is 38.6 Å². The van der Waals surface area contributed by atoms with Crippen molar-refractivity contribution in [1.29, 1.82) is 0 Å². The predicted molar refractivity (Wildman–Crippen MR) is 89.8 cm³/mol. The molecule has 3 aliphatic heterocycles. The van der Waals surface area contributed by atoms with E-state index in [1.54, 1.807) is 15.6 Å². The molecule has 0 aromatic carbocycles. The van der Waals surface area contributed by atoms with Crippen LogP contribution in [-0.2, 0) is 21.2 Å². The van der Waals surface area contributed by atoms with E-state index in [0.29, 0.717) is 26.1 Å². The predicted octanol–water partition coefficient (Wildman–Crippen LogP) is 1.27. The van der Waals surface area contributed by atoms with Crippen LogP contribution >= 0.6 is 11.3 Å². The van der Waals surface area contributed by atoms with Gasteiger partial charge in [0.05, 0.1) is 17.5 Å². The summed E-state index contributed by atoms with van der Waals surface area (Å²) in [6, 6.07) is 0.0264. The molecule has 6 nitrogen and oxygen atoms in total. The Labute approximate surface area is 141 Å². The molecular formula is C15H23N3O3S2. The van der Waals surface area contributed by atoms with Crippen molar-refractivity contribution in [3.8, 4) is 0 Å². The van der Waals surface area contributed by atoms with Crippen molar-refractivity contribution in [3.05, 3.63) is 16.1 Å². The maximum absolute atomic E-state index is 12.6. The van der Waals surface area contributed by atoms with Gasteiger partial charge >= 0.3 is 0 Å². The number of sulfonamides is 1. The van der Waals surface area contributed by atoms with Gasteiger partial charge in [-0.1, -0.05) is 0 Å². The number of rotatable bonds is 4. The summed E-state index contributed by atoms with van der Waals surface area (Å²) in [7, 11) is -3.19. The first-order valence-corrected chi connectivity index (χ1v) is 10.7. The highest BCUT2D eigenvalue weighted by atomic mass is 32.2. The fourth-order valence-corrected chi connectivity index (χ4v) is 5.25. The van der Waals surface area contributed by atoms with E-state index in [4.69, 9.17) is 0 Å². The molecule has 0 N–H and O–H groups in total. The summed E-state index contributed by atoms with van der Waals surface area (Å²) in [4.78, 5) is 20.0. The second-order valence-electron chi connectivity index (χ2n) is 6.58. The fourth-order valence-electron chi connectivity index (χ4n) is 3.55. The highest BCUT2D eigenvalue weighted by molar-refractivity contribution is 7.88. The smallest absolute Gasteiger partial charge is 0.223 e. The van der Waals surface area contributed by atoms with E-state index in [-0.39, 0.29) is 17.9 Å². The number of carbonyl (C=O) groups is 1. The molecule has 2 atom stereocenters. The van der Waals surface area contributed by atoms with Crippen molar-refractivity contribution < 1.29 is 13.2 Å². The molecule has 3 fully saturated rings. The number of aromatic nitrogens is 1. The third kappa shape index (κ3) is 3.75. The molecule has 4 heterocycles. The Morgan fingerprint density at radius 2 is 2.13 bits per heavy atom. The number of amides is 1. The van der Waals surface area contributed by atoms with Crippen LogP contribution in [0.3, 0.4) is 0 Å². The van der Waals surface area contributed by atoms with Crippen LogP contribution in [-0.4, -0.2) is 60.4 Å². The van der Waals surface area contributed by atoms with Crippen molar-refractivity contribution >= 4 is 27.3 Å². The minimum Gasteiger partial charge on any atom is -0.338 e. The fraction of sp³-hybridized carbons (Fsp3) is 0.733. The Kier molecular flexibility index (Phi) is 4.75. The lowest BCUT2D eigenvalue weighted by Gasteiger charge is -2.36. The Hall–Kier alpha value is -0.990. The molecular weight excluding hydrogens is 334 g/mol. The number of aryl methyl sites for hydroxylation is 2. The van der Waals surface area contributed by atoms with E-state index in [1.807, 2.05) is 17.3 Å². The molecule has 2 bridgehead atoms. The van der Waals surface area contributed by atoms with Crippen molar-refractivity contribution in [2.24, 2.45) is 5.92 Å². The normalized spacial score (nSPS) is 25.6. The number of hydrogen-bond acceptors (Lipinski definition) is 5. The molecule has 23 heavy (non-hydrogen) atoms. The lowest BCUT2D eigenvalue weighted by atomic mass is 9.94. The first-order chi connectivity index (χ1) is 10.8. The van der Waals surface area contributed by atoms with Gasteiger partial charge in [0.25, 0.3) is 0 Å². The van der Waals surface area contributed by atoms with Gasteiger partial charge in [-0.2, -0.15) is 4.31 Å². The Bertz CT molecular complexity index is 686. The van der Waals surface area contributed by atoms with Gasteiger partial charge in [0.1, 0.15) is 0 Å². The molecule has 1 amide bonds. The highest BCUT2D eigenvalue weighted by Crippen LogP contribution is 2.30. The van der Waals surface area contributed by atoms with Gasteiger partial charge < -0.3 is 4.90 Å². The number of nitrogens with zero attached hydrogens (tertiary/aromatic N) is 3. The summed E-state index contributed by atoms with van der Waals surface area (Å²) in [5.74, 6) is 0.403. The quantitative estimate of drug-likeness (QED) is 0.814. The summed E-state index contributed by atoms with van der Waals surface area (Å²) < 4.78 is 25.3. The standard InChI is InChI=1S/C15H23N3O3S2/c1-11-14(22-10-16-11)5-6-15(19)18-8-12-3-4-13(18)9-17(7-12)23(2,20)21/h10,12-13H,3-9H2,1-2H3/t12-,13+/m0/s1. The average Bonchev–Trinajstić information content (AvgIpc) is 2.71. The first kappa shape index (κ1) is 16.9. The molecule has 3 aliphatic rings. The van der Waals surface area contributed by atoms with Gasteiger partial charge in [-0.15, -0.1) is 11.3 Å². The third-order valence-electron chi connectivity index (χ3n) is 4.88. The van der Waals surface area contributed by atoms with Crippen LogP contribution < -0.4 is 0 Å². The second-order valence-corrected chi connectivity index (χ2v) is 9.51. The van der Waals surface area contributed by atoms with Gasteiger partial charge in [-0.3, -0.25) is 4.79 Å². The molecule has 8 heteroatoms. The molecule has 0 unspecified atom stereocenters. The summed E-state index contributed by atoms with van der Waals surface area (Å²) in [5.41, 5.74) is 2.82. The maximum atomic E-state index is 12.6. The monoisotopic (exact) mass is 357 g/mol. The van der Waals surface area contributed by atoms with Crippen LogP contribution in [0.5, 0.6) is 0 Å². The number of hydrogen-bond donors (Lipinski definition) is 0. The molecule has 3 saturated heterocycles. The first-order valence-electron chi connectivity index (χ1n) is 7.98. The van der Waals surface area contributed by atoms with E-state index in [1.165, 1.54) is 6.26 Å². The van der Waals surface area contributed by atoms with Crippen LogP contribution in [0.25, 0.3) is 0 Å². The molecule has 0 aliphatic carbocycles. The molecule has 4 rings (SSSR count). The maximum Gasteiger partial charge on any atom is 0.223 e. The van der Waals surface area contributed by atoms with Crippen molar-refractivity contribution in [1.82, 2.24) is 14.2 Å². The van der Waals surface area contributed by atoms with Gasteiger partial charge in [-0.25, -0.2) is 13.4 Å². The van der Waals surface area contributed by atoms with Crippen molar-refractivity contribution in [2.75, 3.05) is 25.9 Å². The molecule has 0 radical (unpaired) electrons. The summed E-state index contributed by atoms with van der Waals surface area (Å²) in [5, 5.41) is 0. The number of fused-ring (bicyclic) bond motifs is 4. The summed E-state index contributed by atoms with van der Waals surface area (Å²) in [6.07, 6.45) is 4.37. The van der Waals surface area contributed by atoms with Crippen LogP contribution in [0.15, 0.2) is 5.51 Å². The van der Waals surface area contributed by atoms with Crippen LogP contribution in [0.4, 0.5) is 0 Å². The van der Waals surface area contributed by atoms with Crippen LogP contribution in [0.2, 0.25) is 0 Å². The molecule has 0 saturated carbocycles. The Morgan fingerprint density at radius 3 is 2.78 bits per heavy atom. The van der Waals surface area contributed by atoms with E-state index in [2.05, 4.69) is 4.98 Å². The average molecular weight is 358 g/mol. The highest BCUT2D eigenvalue weighted by Gasteiger charge is 2.39. The summed E-state index contributed by atoms with van der Waals surface area (Å²) in [6.45, 7) is 3.65. The van der Waals surface area contributed by atoms with Gasteiger partial charge in [0.15, 0.2) is 0 Å². The number of carbonyl (C=O) groups excluding carboxylic acids is 1. The lowest BCUT2D eigenvalue weighted by Crippen LogP contribution is -2.47. The Morgan fingerprint density at radius 1 is 1.35 bits per heavy atom. The number of piperidine rings is 1. The van der Waals surface area contributed by atoms with Gasteiger partial charge in [0, 0.05) is 37.0 Å². The zero-order valence-electron chi connectivity index (χ0n) is 13.6. The second kappa shape index (κ2) is 6.49. The topological polar surface area (TPSA) is 70.6 Å². The zero-order chi connectivity index (χ0) is 16.6. The van der Waals surface area contributed by atoms with Gasteiger partial charge in [-0.05, 0) is 32.1 Å². The number of thiazole rings is 1. The van der Waals surface area contributed by atoms with E-state index >= 15 is 0 Å². The van der Waals surface area contributed by atoms with Crippen LogP contribution in [0.1, 0.15) is 29.8 Å². The molecule has 0 spiro atoms. The minimum absolute atomic E-state index is 0.0264. The lowest BCUT2D eigenvalue weighted by molar-refractivity contribution is -0.135. The molecule has 1 aromatic heterocycles. The van der Waals surface area contributed by atoms with Crippen LogP contribution in [0, 0.1) is 12.8 Å². The van der Waals surface area contributed by atoms with Gasteiger partial charge in [0.2, 0.25) is 15.9 Å². The minimum atomic E-state index is -3.19. The Balaban J connectivity index is 1.66. The summed E-state index contributed by atoms with van der Waals surface area (Å²) >= 11 is 1.59. The van der Waals surface area contributed by atoms with E-state index < -0.39 is 10.0 Å². The van der Waals surface area contributed by atoms with E-state index in [0.717, 1.165) is 29.8 Å². The van der Waals surface area contributed by atoms with E-state index in [9.17, 15) is 13.2 Å². The SMILES string of the molecule is Cc1ncsc1CCC(=O)N1C[C@H]2CC[C@@H]1CN(S(C)(=O)=O)C2. The molecule has 128 valence electrons. The molecule has 1 aromatic rings. The zero-order valence-corrected chi connectivity index (χ0v) is 15.2.